The third-order valence-corrected chi connectivity index (χ3v) is 3.45. The maximum absolute atomic E-state index is 13.3. The highest BCUT2D eigenvalue weighted by atomic mass is 19.1. The average Bonchev–Trinajstić information content (AvgIpc) is 2.67. The third kappa shape index (κ3) is 2.50. The molecule has 4 heteroatoms. The molecule has 0 saturated heterocycles. The van der Waals surface area contributed by atoms with Crippen molar-refractivity contribution in [1.82, 2.24) is 9.55 Å². The second-order valence-corrected chi connectivity index (χ2v) is 5.70. The fourth-order valence-electron chi connectivity index (χ4n) is 2.63. The van der Waals surface area contributed by atoms with Crippen molar-refractivity contribution in [3.8, 4) is 0 Å². The highest BCUT2D eigenvalue weighted by Gasteiger charge is 2.28. The zero-order valence-electron chi connectivity index (χ0n) is 12.1. The summed E-state index contributed by atoms with van der Waals surface area (Å²) in [7, 11) is 0. The molecule has 19 heavy (non-hydrogen) atoms. The fourth-order valence-corrected chi connectivity index (χ4v) is 2.63. The first-order valence-corrected chi connectivity index (χ1v) is 6.83. The predicted octanol–water partition coefficient (Wildman–Crippen LogP) is 3.73. The number of nitrogens with zero attached hydrogens (tertiary/aromatic N) is 2. The Balaban J connectivity index is 2.69. The van der Waals surface area contributed by atoms with Crippen molar-refractivity contribution >= 4 is 11.0 Å². The Morgan fingerprint density at radius 1 is 1.42 bits per heavy atom. The van der Waals surface area contributed by atoms with Crippen LogP contribution in [0.1, 0.15) is 52.4 Å². The molecule has 0 aliphatic heterocycles. The minimum Gasteiger partial charge on any atom is -0.324 e. The molecule has 1 atom stereocenters. The van der Waals surface area contributed by atoms with Gasteiger partial charge in [0.15, 0.2) is 0 Å². The van der Waals surface area contributed by atoms with E-state index >= 15 is 0 Å². The Kier molecular flexibility index (Phi) is 3.63. The number of hydrogen-bond donors (Lipinski definition) is 1. The summed E-state index contributed by atoms with van der Waals surface area (Å²) in [5.74, 6) is 0.576. The van der Waals surface area contributed by atoms with Crippen LogP contribution in [0.5, 0.6) is 0 Å². The van der Waals surface area contributed by atoms with Gasteiger partial charge in [0, 0.05) is 12.1 Å². The van der Waals surface area contributed by atoms with Crippen molar-refractivity contribution in [3.63, 3.8) is 0 Å². The Morgan fingerprint density at radius 3 is 2.68 bits per heavy atom. The molecule has 0 fully saturated rings. The summed E-state index contributed by atoms with van der Waals surface area (Å²) >= 11 is 0. The molecule has 0 saturated carbocycles. The molecular weight excluding hydrogens is 241 g/mol. The molecule has 104 valence electrons. The van der Waals surface area contributed by atoms with Gasteiger partial charge in [0.05, 0.1) is 16.6 Å². The standard InChI is InChI=1S/C15H22FN3/c1-5-8-15(4,17)14-18-12-9-11(16)6-7-13(12)19(14)10(2)3/h6-7,9-10H,5,8,17H2,1-4H3. The minimum absolute atomic E-state index is 0.241. The van der Waals surface area contributed by atoms with Crippen molar-refractivity contribution in [3.05, 3.63) is 29.8 Å². The number of hydrogen-bond acceptors (Lipinski definition) is 2. The lowest BCUT2D eigenvalue weighted by Crippen LogP contribution is -2.36. The van der Waals surface area contributed by atoms with Gasteiger partial charge in [0.25, 0.3) is 0 Å². The average molecular weight is 263 g/mol. The topological polar surface area (TPSA) is 43.8 Å². The Labute approximate surface area is 113 Å². The first-order chi connectivity index (χ1) is 8.86. The zero-order chi connectivity index (χ0) is 14.2. The Hall–Kier alpha value is -1.42. The lowest BCUT2D eigenvalue weighted by Gasteiger charge is -2.26. The van der Waals surface area contributed by atoms with E-state index in [1.165, 1.54) is 12.1 Å². The highest BCUT2D eigenvalue weighted by molar-refractivity contribution is 5.76. The first-order valence-electron chi connectivity index (χ1n) is 6.83. The van der Waals surface area contributed by atoms with Crippen LogP contribution in [0, 0.1) is 5.82 Å². The summed E-state index contributed by atoms with van der Waals surface area (Å²) in [4.78, 5) is 4.58. The van der Waals surface area contributed by atoms with E-state index in [0.717, 1.165) is 24.2 Å². The number of benzene rings is 1. The maximum Gasteiger partial charge on any atom is 0.130 e. The SMILES string of the molecule is CCCC(C)(N)c1nc2cc(F)ccc2n1C(C)C. The molecule has 1 aromatic heterocycles. The lowest BCUT2D eigenvalue weighted by molar-refractivity contribution is 0.390. The van der Waals surface area contributed by atoms with Gasteiger partial charge in [-0.25, -0.2) is 9.37 Å². The van der Waals surface area contributed by atoms with Crippen molar-refractivity contribution < 1.29 is 4.39 Å². The molecule has 2 N–H and O–H groups in total. The van der Waals surface area contributed by atoms with Crippen LogP contribution in [-0.2, 0) is 5.54 Å². The molecule has 2 aromatic rings. The Bertz CT molecular complexity index is 584. The highest BCUT2D eigenvalue weighted by Crippen LogP contribution is 2.29. The van der Waals surface area contributed by atoms with E-state index in [1.54, 1.807) is 6.07 Å². The number of nitrogens with two attached hydrogens (primary N) is 1. The van der Waals surface area contributed by atoms with Crippen LogP contribution >= 0.6 is 0 Å². The summed E-state index contributed by atoms with van der Waals surface area (Å²) in [5.41, 5.74) is 7.54. The summed E-state index contributed by atoms with van der Waals surface area (Å²) < 4.78 is 15.5. The van der Waals surface area contributed by atoms with Crippen LogP contribution in [-0.4, -0.2) is 9.55 Å². The van der Waals surface area contributed by atoms with Crippen LogP contribution in [0.15, 0.2) is 18.2 Å². The summed E-state index contributed by atoms with van der Waals surface area (Å²) in [5, 5.41) is 0. The first kappa shape index (κ1) is 14.0. The van der Waals surface area contributed by atoms with Crippen LogP contribution in [0.2, 0.25) is 0 Å². The van der Waals surface area contributed by atoms with Crippen molar-refractivity contribution in [1.29, 1.82) is 0 Å². The number of imidazole rings is 1. The Morgan fingerprint density at radius 2 is 2.11 bits per heavy atom. The van der Waals surface area contributed by atoms with E-state index in [2.05, 4.69) is 30.3 Å². The minimum atomic E-state index is -0.492. The van der Waals surface area contributed by atoms with Crippen LogP contribution in [0.4, 0.5) is 4.39 Å². The lowest BCUT2D eigenvalue weighted by atomic mass is 9.96. The van der Waals surface area contributed by atoms with E-state index in [1.807, 2.05) is 6.92 Å². The molecular formula is C15H22FN3. The van der Waals surface area contributed by atoms with E-state index < -0.39 is 5.54 Å². The number of rotatable bonds is 4. The fraction of sp³-hybridized carbons (Fsp3) is 0.533. The van der Waals surface area contributed by atoms with E-state index in [9.17, 15) is 4.39 Å². The number of fused-ring (bicyclic) bond motifs is 1. The normalized spacial score (nSPS) is 15.1. The van der Waals surface area contributed by atoms with Crippen molar-refractivity contribution in [2.24, 2.45) is 5.73 Å². The van der Waals surface area contributed by atoms with Crippen LogP contribution in [0.25, 0.3) is 11.0 Å². The van der Waals surface area contributed by atoms with E-state index in [0.29, 0.717) is 5.52 Å². The van der Waals surface area contributed by atoms with Gasteiger partial charge in [0.1, 0.15) is 11.6 Å². The zero-order valence-corrected chi connectivity index (χ0v) is 12.1. The largest absolute Gasteiger partial charge is 0.324 e. The van der Waals surface area contributed by atoms with Gasteiger partial charge in [-0.3, -0.25) is 0 Å². The number of aromatic nitrogens is 2. The van der Waals surface area contributed by atoms with Gasteiger partial charge >= 0.3 is 0 Å². The quantitative estimate of drug-likeness (QED) is 0.913. The molecule has 1 heterocycles. The van der Waals surface area contributed by atoms with E-state index in [4.69, 9.17) is 5.73 Å². The van der Waals surface area contributed by atoms with Gasteiger partial charge in [-0.1, -0.05) is 13.3 Å². The second kappa shape index (κ2) is 4.93. The predicted molar refractivity (Wildman–Crippen MR) is 76.5 cm³/mol. The van der Waals surface area contributed by atoms with Gasteiger partial charge < -0.3 is 10.3 Å². The number of halogens is 1. The summed E-state index contributed by atoms with van der Waals surface area (Å²) in [6.07, 6.45) is 1.84. The molecule has 3 nitrogen and oxygen atoms in total. The van der Waals surface area contributed by atoms with Crippen LogP contribution in [0.3, 0.4) is 0 Å². The van der Waals surface area contributed by atoms with Gasteiger partial charge in [-0.2, -0.15) is 0 Å². The van der Waals surface area contributed by atoms with E-state index in [-0.39, 0.29) is 11.9 Å². The molecule has 1 aromatic carbocycles. The van der Waals surface area contributed by atoms with Crippen molar-refractivity contribution in [2.45, 2.75) is 52.1 Å². The maximum atomic E-state index is 13.3. The van der Waals surface area contributed by atoms with Crippen molar-refractivity contribution in [2.75, 3.05) is 0 Å². The third-order valence-electron chi connectivity index (χ3n) is 3.45. The molecule has 0 bridgehead atoms. The van der Waals surface area contributed by atoms with Gasteiger partial charge in [-0.15, -0.1) is 0 Å². The molecule has 2 rings (SSSR count). The van der Waals surface area contributed by atoms with Crippen LogP contribution < -0.4 is 5.73 Å². The second-order valence-electron chi connectivity index (χ2n) is 5.70. The molecule has 0 amide bonds. The summed E-state index contributed by atoms with van der Waals surface area (Å²) in [6.45, 7) is 8.28. The molecule has 0 aliphatic rings. The monoisotopic (exact) mass is 263 g/mol. The van der Waals surface area contributed by atoms with Gasteiger partial charge in [0.2, 0.25) is 0 Å². The molecule has 0 radical (unpaired) electrons. The molecule has 0 aliphatic carbocycles. The summed E-state index contributed by atoms with van der Waals surface area (Å²) in [6, 6.07) is 4.97. The molecule has 0 spiro atoms. The smallest absolute Gasteiger partial charge is 0.130 e. The molecule has 1 unspecified atom stereocenters. The van der Waals surface area contributed by atoms with Gasteiger partial charge in [-0.05, 0) is 39.3 Å².